The molecular weight excluding hydrogens is 467 g/mol. The molecule has 0 bridgehead atoms. The van der Waals surface area contributed by atoms with E-state index in [0.717, 1.165) is 16.8 Å². The molecule has 1 aliphatic heterocycles. The molecule has 0 aliphatic carbocycles. The molecule has 0 saturated carbocycles. The SMILES string of the molecule is COc1cccc([C@@H]2S[C@@H](CCO)c3nc(Cl)c(Cl)n3-c3ccc(Cl)cc32)c1OC. The number of imidazole rings is 1. The van der Waals surface area contributed by atoms with Crippen molar-refractivity contribution in [2.24, 2.45) is 0 Å². The molecule has 5 nitrogen and oxygen atoms in total. The highest BCUT2D eigenvalue weighted by Gasteiger charge is 2.35. The van der Waals surface area contributed by atoms with E-state index in [0.29, 0.717) is 33.9 Å². The Morgan fingerprint density at radius 1 is 1.10 bits per heavy atom. The molecule has 0 fully saturated rings. The van der Waals surface area contributed by atoms with Crippen LogP contribution in [0.2, 0.25) is 15.3 Å². The maximum atomic E-state index is 9.73. The number of methoxy groups -OCH3 is 2. The van der Waals surface area contributed by atoms with Gasteiger partial charge < -0.3 is 14.6 Å². The summed E-state index contributed by atoms with van der Waals surface area (Å²) in [4.78, 5) is 4.51. The van der Waals surface area contributed by atoms with Gasteiger partial charge >= 0.3 is 0 Å². The lowest BCUT2D eigenvalue weighted by Gasteiger charge is -2.23. The number of nitrogens with zero attached hydrogens (tertiary/aromatic N) is 2. The number of para-hydroxylation sites is 1. The number of hydrogen-bond donors (Lipinski definition) is 1. The number of hydrogen-bond acceptors (Lipinski definition) is 5. The van der Waals surface area contributed by atoms with Crippen molar-refractivity contribution in [3.8, 4) is 17.2 Å². The van der Waals surface area contributed by atoms with E-state index in [4.69, 9.17) is 44.3 Å². The number of aromatic nitrogens is 2. The van der Waals surface area contributed by atoms with Crippen LogP contribution >= 0.6 is 46.6 Å². The Morgan fingerprint density at radius 3 is 2.60 bits per heavy atom. The summed E-state index contributed by atoms with van der Waals surface area (Å²) in [5.74, 6) is 1.98. The van der Waals surface area contributed by atoms with Crippen molar-refractivity contribution in [1.82, 2.24) is 9.55 Å². The van der Waals surface area contributed by atoms with Crippen LogP contribution in [-0.4, -0.2) is 35.5 Å². The van der Waals surface area contributed by atoms with Crippen molar-refractivity contribution in [3.63, 3.8) is 0 Å². The number of ether oxygens (including phenoxy) is 2. The molecule has 2 atom stereocenters. The second-order valence-corrected chi connectivity index (χ2v) is 9.16. The molecule has 2 heterocycles. The highest BCUT2D eigenvalue weighted by atomic mass is 35.5. The lowest BCUT2D eigenvalue weighted by molar-refractivity contribution is 0.286. The second kappa shape index (κ2) is 8.89. The summed E-state index contributed by atoms with van der Waals surface area (Å²) in [6.45, 7) is -0.00116. The fourth-order valence-electron chi connectivity index (χ4n) is 3.75. The molecular formula is C21H19Cl3N2O3S. The Balaban J connectivity index is 2.01. The van der Waals surface area contributed by atoms with Gasteiger partial charge in [0.2, 0.25) is 0 Å². The van der Waals surface area contributed by atoms with Gasteiger partial charge in [-0.2, -0.15) is 0 Å². The predicted octanol–water partition coefficient (Wildman–Crippen LogP) is 6.11. The first kappa shape index (κ1) is 21.7. The Hall–Kier alpha value is -1.57. The predicted molar refractivity (Wildman–Crippen MR) is 122 cm³/mol. The van der Waals surface area contributed by atoms with Gasteiger partial charge in [0.25, 0.3) is 0 Å². The van der Waals surface area contributed by atoms with E-state index < -0.39 is 0 Å². The van der Waals surface area contributed by atoms with Crippen LogP contribution in [0.5, 0.6) is 11.5 Å². The topological polar surface area (TPSA) is 56.5 Å². The monoisotopic (exact) mass is 484 g/mol. The molecule has 30 heavy (non-hydrogen) atoms. The maximum absolute atomic E-state index is 9.73. The van der Waals surface area contributed by atoms with Crippen LogP contribution in [-0.2, 0) is 0 Å². The minimum atomic E-state index is -0.170. The lowest BCUT2D eigenvalue weighted by Crippen LogP contribution is -2.05. The molecule has 1 aliphatic rings. The van der Waals surface area contributed by atoms with Gasteiger partial charge in [0.15, 0.2) is 21.8 Å². The van der Waals surface area contributed by atoms with Crippen LogP contribution in [0, 0.1) is 0 Å². The van der Waals surface area contributed by atoms with Crippen LogP contribution in [0.15, 0.2) is 36.4 Å². The van der Waals surface area contributed by atoms with Crippen molar-refractivity contribution in [3.05, 3.63) is 68.7 Å². The number of fused-ring (bicyclic) bond motifs is 3. The average molecular weight is 486 g/mol. The fourth-order valence-corrected chi connectivity index (χ4v) is 5.83. The van der Waals surface area contributed by atoms with E-state index in [-0.39, 0.29) is 22.3 Å². The number of halogens is 3. The number of rotatable bonds is 5. The van der Waals surface area contributed by atoms with E-state index in [2.05, 4.69) is 4.98 Å². The zero-order chi connectivity index (χ0) is 21.4. The first-order chi connectivity index (χ1) is 14.5. The smallest absolute Gasteiger partial charge is 0.166 e. The Kier molecular flexibility index (Phi) is 6.42. The third kappa shape index (κ3) is 3.65. The Morgan fingerprint density at radius 2 is 1.90 bits per heavy atom. The molecule has 4 rings (SSSR count). The number of thioether (sulfide) groups is 1. The van der Waals surface area contributed by atoms with Crippen molar-refractivity contribution in [2.75, 3.05) is 20.8 Å². The van der Waals surface area contributed by atoms with Gasteiger partial charge in [-0.1, -0.05) is 46.9 Å². The van der Waals surface area contributed by atoms with Crippen molar-refractivity contribution in [1.29, 1.82) is 0 Å². The molecule has 2 aromatic carbocycles. The van der Waals surface area contributed by atoms with Crippen LogP contribution in [0.3, 0.4) is 0 Å². The van der Waals surface area contributed by atoms with Gasteiger partial charge in [-0.25, -0.2) is 4.98 Å². The number of aliphatic hydroxyl groups excluding tert-OH is 1. The van der Waals surface area contributed by atoms with Crippen LogP contribution in [0.1, 0.15) is 33.9 Å². The zero-order valence-corrected chi connectivity index (χ0v) is 19.3. The van der Waals surface area contributed by atoms with Gasteiger partial charge in [-0.05, 0) is 36.2 Å². The van der Waals surface area contributed by atoms with Gasteiger partial charge in [0.1, 0.15) is 5.82 Å². The van der Waals surface area contributed by atoms with E-state index in [1.807, 2.05) is 41.0 Å². The summed E-state index contributed by atoms with van der Waals surface area (Å²) in [5.41, 5.74) is 2.71. The summed E-state index contributed by atoms with van der Waals surface area (Å²) in [6.07, 6.45) is 0.485. The minimum absolute atomic E-state index is 0.00116. The first-order valence-electron chi connectivity index (χ1n) is 9.20. The molecule has 0 radical (unpaired) electrons. The highest BCUT2D eigenvalue weighted by Crippen LogP contribution is 2.54. The van der Waals surface area contributed by atoms with Gasteiger partial charge in [-0.3, -0.25) is 4.57 Å². The minimum Gasteiger partial charge on any atom is -0.493 e. The fraction of sp³-hybridized carbons (Fsp3) is 0.286. The molecule has 158 valence electrons. The van der Waals surface area contributed by atoms with Gasteiger partial charge in [0.05, 0.1) is 30.4 Å². The summed E-state index contributed by atoms with van der Waals surface area (Å²) >= 11 is 20.9. The maximum Gasteiger partial charge on any atom is 0.166 e. The number of benzene rings is 2. The molecule has 0 unspecified atom stereocenters. The quantitative estimate of drug-likeness (QED) is 0.472. The second-order valence-electron chi connectivity index (χ2n) is 6.69. The molecule has 3 aromatic rings. The standard InChI is InChI=1S/C21H19Cl3N2O3S/c1-28-15-5-3-4-12(17(15)29-2)18-13-10-11(22)6-7-14(13)26-20(24)19(23)25-21(26)16(30-18)8-9-27/h3-7,10,16,18,27H,8-9H2,1-2H3/t16-,18-/m0/s1. The summed E-state index contributed by atoms with van der Waals surface area (Å²) in [7, 11) is 3.23. The number of aliphatic hydroxyl groups is 1. The average Bonchev–Trinajstić information content (AvgIpc) is 2.97. The van der Waals surface area contributed by atoms with E-state index in [9.17, 15) is 5.11 Å². The van der Waals surface area contributed by atoms with Crippen LogP contribution in [0.4, 0.5) is 0 Å². The van der Waals surface area contributed by atoms with E-state index in [1.54, 1.807) is 26.0 Å². The van der Waals surface area contributed by atoms with Crippen molar-refractivity contribution >= 4 is 46.6 Å². The lowest BCUT2D eigenvalue weighted by atomic mass is 10.0. The molecule has 0 amide bonds. The molecule has 9 heteroatoms. The highest BCUT2D eigenvalue weighted by molar-refractivity contribution is 8.00. The summed E-state index contributed by atoms with van der Waals surface area (Å²) in [5, 5.41) is 10.6. The zero-order valence-electron chi connectivity index (χ0n) is 16.2. The summed E-state index contributed by atoms with van der Waals surface area (Å²) in [6, 6.07) is 11.4. The largest absolute Gasteiger partial charge is 0.493 e. The normalized spacial score (nSPS) is 17.8. The summed E-state index contributed by atoms with van der Waals surface area (Å²) < 4.78 is 13.1. The van der Waals surface area contributed by atoms with Crippen molar-refractivity contribution in [2.45, 2.75) is 16.9 Å². The van der Waals surface area contributed by atoms with Crippen molar-refractivity contribution < 1.29 is 14.6 Å². The molecule has 1 N–H and O–H groups in total. The third-order valence-corrected chi connectivity index (χ3v) is 7.52. The third-order valence-electron chi connectivity index (χ3n) is 5.02. The first-order valence-corrected chi connectivity index (χ1v) is 11.3. The van der Waals surface area contributed by atoms with E-state index >= 15 is 0 Å². The van der Waals surface area contributed by atoms with Crippen LogP contribution in [0.25, 0.3) is 5.69 Å². The van der Waals surface area contributed by atoms with Crippen LogP contribution < -0.4 is 9.47 Å². The van der Waals surface area contributed by atoms with Gasteiger partial charge in [-0.15, -0.1) is 11.8 Å². The van der Waals surface area contributed by atoms with E-state index in [1.165, 1.54) is 0 Å². The Bertz CT molecular complexity index is 1090. The molecule has 0 spiro atoms. The molecule has 1 aromatic heterocycles. The van der Waals surface area contributed by atoms with Gasteiger partial charge in [0, 0.05) is 17.2 Å². The Labute approximate surface area is 193 Å². The molecule has 0 saturated heterocycles.